The Morgan fingerprint density at radius 3 is 2.68 bits per heavy atom. The van der Waals surface area contributed by atoms with E-state index < -0.39 is 0 Å². The summed E-state index contributed by atoms with van der Waals surface area (Å²) < 4.78 is 11.0. The van der Waals surface area contributed by atoms with E-state index in [1.165, 1.54) is 32.1 Å². The van der Waals surface area contributed by atoms with Crippen molar-refractivity contribution >= 4 is 6.29 Å². The van der Waals surface area contributed by atoms with Gasteiger partial charge in [0.15, 0.2) is 11.5 Å². The molecule has 1 aliphatic rings. The molecule has 0 aliphatic heterocycles. The molecule has 3 nitrogen and oxygen atoms in total. The number of methoxy groups -OCH3 is 1. The van der Waals surface area contributed by atoms with Gasteiger partial charge >= 0.3 is 0 Å². The number of rotatable bonds is 6. The lowest BCUT2D eigenvalue weighted by Gasteiger charge is -2.21. The van der Waals surface area contributed by atoms with Crippen LogP contribution >= 0.6 is 0 Å². The first-order valence-electron chi connectivity index (χ1n) is 7.09. The summed E-state index contributed by atoms with van der Waals surface area (Å²) in [5, 5.41) is 0. The Labute approximate surface area is 114 Å². The van der Waals surface area contributed by atoms with Gasteiger partial charge in [0, 0.05) is 5.56 Å². The van der Waals surface area contributed by atoms with Crippen LogP contribution in [0.4, 0.5) is 0 Å². The second-order valence-corrected chi connectivity index (χ2v) is 5.17. The molecule has 1 saturated carbocycles. The van der Waals surface area contributed by atoms with Crippen molar-refractivity contribution < 1.29 is 14.3 Å². The predicted molar refractivity (Wildman–Crippen MR) is 75.1 cm³/mol. The molecule has 0 amide bonds. The van der Waals surface area contributed by atoms with Crippen LogP contribution in [-0.2, 0) is 0 Å². The first-order chi connectivity index (χ1) is 9.33. The third-order valence-electron chi connectivity index (χ3n) is 3.83. The van der Waals surface area contributed by atoms with Crippen molar-refractivity contribution in [1.82, 2.24) is 0 Å². The topological polar surface area (TPSA) is 35.5 Å². The Kier molecular flexibility index (Phi) is 5.25. The lowest BCUT2D eigenvalue weighted by atomic mass is 9.87. The van der Waals surface area contributed by atoms with Crippen LogP contribution < -0.4 is 9.47 Å². The van der Waals surface area contributed by atoms with Crippen LogP contribution in [-0.4, -0.2) is 20.0 Å². The maximum atomic E-state index is 10.7. The third-order valence-corrected chi connectivity index (χ3v) is 3.83. The number of hydrogen-bond acceptors (Lipinski definition) is 3. The third kappa shape index (κ3) is 3.98. The standard InChI is InChI=1S/C16H22O3/c1-18-16-11-14(12-17)7-8-15(16)19-10-9-13-5-3-2-4-6-13/h7-8,11-13H,2-6,9-10H2,1H3. The van der Waals surface area contributed by atoms with Crippen molar-refractivity contribution in [2.45, 2.75) is 38.5 Å². The molecule has 1 aliphatic carbocycles. The number of hydrogen-bond donors (Lipinski definition) is 0. The molecule has 0 spiro atoms. The van der Waals surface area contributed by atoms with Crippen molar-refractivity contribution in [1.29, 1.82) is 0 Å². The highest BCUT2D eigenvalue weighted by molar-refractivity contribution is 5.76. The van der Waals surface area contributed by atoms with E-state index in [1.807, 2.05) is 6.07 Å². The molecule has 0 aromatic heterocycles. The second-order valence-electron chi connectivity index (χ2n) is 5.17. The van der Waals surface area contributed by atoms with E-state index >= 15 is 0 Å². The molecule has 104 valence electrons. The molecule has 0 heterocycles. The summed E-state index contributed by atoms with van der Waals surface area (Å²) >= 11 is 0. The van der Waals surface area contributed by atoms with E-state index in [0.717, 1.165) is 31.0 Å². The van der Waals surface area contributed by atoms with Crippen LogP contribution in [0.25, 0.3) is 0 Å². The van der Waals surface area contributed by atoms with Gasteiger partial charge in [0.05, 0.1) is 13.7 Å². The average molecular weight is 262 g/mol. The van der Waals surface area contributed by atoms with Crippen molar-refractivity contribution in [3.8, 4) is 11.5 Å². The average Bonchev–Trinajstić information content (AvgIpc) is 2.48. The molecule has 19 heavy (non-hydrogen) atoms. The zero-order valence-electron chi connectivity index (χ0n) is 11.6. The van der Waals surface area contributed by atoms with Crippen LogP contribution in [0, 0.1) is 5.92 Å². The highest BCUT2D eigenvalue weighted by Gasteiger charge is 2.13. The fourth-order valence-corrected chi connectivity index (χ4v) is 2.69. The minimum Gasteiger partial charge on any atom is -0.493 e. The number of carbonyl (C=O) groups is 1. The molecule has 1 fully saturated rings. The molecule has 0 bridgehead atoms. The molecule has 3 heteroatoms. The van der Waals surface area contributed by atoms with Crippen molar-refractivity contribution in [3.63, 3.8) is 0 Å². The summed E-state index contributed by atoms with van der Waals surface area (Å²) in [5.41, 5.74) is 0.608. The van der Waals surface area contributed by atoms with Gasteiger partial charge in [-0.25, -0.2) is 0 Å². The van der Waals surface area contributed by atoms with Gasteiger partial charge in [0.25, 0.3) is 0 Å². The monoisotopic (exact) mass is 262 g/mol. The molecule has 0 atom stereocenters. The van der Waals surface area contributed by atoms with Gasteiger partial charge in [-0.1, -0.05) is 32.1 Å². The van der Waals surface area contributed by atoms with Gasteiger partial charge in [0.1, 0.15) is 6.29 Å². The van der Waals surface area contributed by atoms with Crippen molar-refractivity contribution in [3.05, 3.63) is 23.8 Å². The molecular weight excluding hydrogens is 240 g/mol. The minimum atomic E-state index is 0.608. The minimum absolute atomic E-state index is 0.608. The largest absolute Gasteiger partial charge is 0.493 e. The van der Waals surface area contributed by atoms with Crippen molar-refractivity contribution in [2.75, 3.05) is 13.7 Å². The van der Waals surface area contributed by atoms with Gasteiger partial charge in [-0.3, -0.25) is 4.79 Å². The highest BCUT2D eigenvalue weighted by Crippen LogP contribution is 2.29. The summed E-state index contributed by atoms with van der Waals surface area (Å²) in [6.07, 6.45) is 8.71. The van der Waals surface area contributed by atoms with Gasteiger partial charge in [-0.15, -0.1) is 0 Å². The fourth-order valence-electron chi connectivity index (χ4n) is 2.69. The first-order valence-corrected chi connectivity index (χ1v) is 7.09. The molecule has 0 radical (unpaired) electrons. The zero-order chi connectivity index (χ0) is 13.5. The SMILES string of the molecule is COc1cc(C=O)ccc1OCCC1CCCCC1. The highest BCUT2D eigenvalue weighted by atomic mass is 16.5. The second kappa shape index (κ2) is 7.17. The van der Waals surface area contributed by atoms with E-state index in [4.69, 9.17) is 9.47 Å². The summed E-state index contributed by atoms with van der Waals surface area (Å²) in [6, 6.07) is 5.28. The van der Waals surface area contributed by atoms with Crippen LogP contribution in [0.2, 0.25) is 0 Å². The molecule has 0 saturated heterocycles. The van der Waals surface area contributed by atoms with E-state index in [-0.39, 0.29) is 0 Å². The van der Waals surface area contributed by atoms with Crippen LogP contribution in [0.1, 0.15) is 48.9 Å². The van der Waals surface area contributed by atoms with Crippen LogP contribution in [0.5, 0.6) is 11.5 Å². The van der Waals surface area contributed by atoms with E-state index in [1.54, 1.807) is 19.2 Å². The van der Waals surface area contributed by atoms with Crippen LogP contribution in [0.3, 0.4) is 0 Å². The summed E-state index contributed by atoms with van der Waals surface area (Å²) in [4.78, 5) is 10.7. The van der Waals surface area contributed by atoms with Crippen LogP contribution in [0.15, 0.2) is 18.2 Å². The lowest BCUT2D eigenvalue weighted by Crippen LogP contribution is -2.11. The zero-order valence-corrected chi connectivity index (χ0v) is 11.6. The van der Waals surface area contributed by atoms with Crippen molar-refractivity contribution in [2.24, 2.45) is 5.92 Å². The van der Waals surface area contributed by atoms with Gasteiger partial charge in [0.2, 0.25) is 0 Å². The normalized spacial score (nSPS) is 16.1. The number of carbonyl (C=O) groups excluding carboxylic acids is 1. The maximum absolute atomic E-state index is 10.7. The molecule has 1 aromatic rings. The lowest BCUT2D eigenvalue weighted by molar-refractivity contribution is 0.112. The summed E-state index contributed by atoms with van der Waals surface area (Å²) in [7, 11) is 1.60. The van der Waals surface area contributed by atoms with E-state index in [2.05, 4.69) is 0 Å². The smallest absolute Gasteiger partial charge is 0.161 e. The Balaban J connectivity index is 1.86. The Morgan fingerprint density at radius 1 is 1.21 bits per heavy atom. The summed E-state index contributed by atoms with van der Waals surface area (Å²) in [6.45, 7) is 0.724. The maximum Gasteiger partial charge on any atom is 0.161 e. The fraction of sp³-hybridized carbons (Fsp3) is 0.562. The Hall–Kier alpha value is -1.51. The molecule has 0 N–H and O–H groups in total. The number of ether oxygens (including phenoxy) is 2. The van der Waals surface area contributed by atoms with E-state index in [9.17, 15) is 4.79 Å². The molecular formula is C16H22O3. The number of benzene rings is 1. The van der Waals surface area contributed by atoms with Gasteiger partial charge < -0.3 is 9.47 Å². The Bertz CT molecular complexity index is 408. The Morgan fingerprint density at radius 2 is 2.00 bits per heavy atom. The van der Waals surface area contributed by atoms with E-state index in [0.29, 0.717) is 11.3 Å². The number of aldehydes is 1. The first kappa shape index (κ1) is 13.9. The molecule has 1 aromatic carbocycles. The quantitative estimate of drug-likeness (QED) is 0.730. The molecule has 2 rings (SSSR count). The predicted octanol–water partition coefficient (Wildman–Crippen LogP) is 3.86. The molecule has 0 unspecified atom stereocenters. The van der Waals surface area contributed by atoms with Gasteiger partial charge in [-0.05, 0) is 30.5 Å². The summed E-state index contributed by atoms with van der Waals surface area (Å²) in [5.74, 6) is 2.17. The van der Waals surface area contributed by atoms with Gasteiger partial charge in [-0.2, -0.15) is 0 Å².